The Morgan fingerprint density at radius 1 is 1.00 bits per heavy atom. The highest BCUT2D eigenvalue weighted by Gasteiger charge is 2.36. The van der Waals surface area contributed by atoms with Gasteiger partial charge in [-0.1, -0.05) is 53.8 Å². The molecule has 8 heteroatoms. The number of aromatic nitrogens is 1. The van der Waals surface area contributed by atoms with E-state index in [-0.39, 0.29) is 23.4 Å². The molecule has 0 saturated carbocycles. The van der Waals surface area contributed by atoms with Crippen LogP contribution in [0.5, 0.6) is 0 Å². The van der Waals surface area contributed by atoms with Gasteiger partial charge in [-0.25, -0.2) is 0 Å². The average molecular weight is 415 g/mol. The molecule has 0 atom stereocenters. The van der Waals surface area contributed by atoms with E-state index in [9.17, 15) is 14.9 Å². The maximum Gasteiger partial charge on any atom is 0.281 e. The summed E-state index contributed by atoms with van der Waals surface area (Å²) in [4.78, 5) is 27.4. The van der Waals surface area contributed by atoms with Crippen molar-refractivity contribution in [2.75, 3.05) is 0 Å². The molecule has 1 aliphatic rings. The third-order valence-corrected chi connectivity index (χ3v) is 5.99. The third-order valence-electron chi connectivity index (χ3n) is 4.88. The number of rotatable bonds is 3. The van der Waals surface area contributed by atoms with Crippen LogP contribution in [0.4, 0.5) is 0 Å². The van der Waals surface area contributed by atoms with Gasteiger partial charge in [-0.15, -0.1) is 10.2 Å². The molecule has 0 spiro atoms. The van der Waals surface area contributed by atoms with Crippen LogP contribution in [0.15, 0.2) is 75.9 Å². The van der Waals surface area contributed by atoms with Crippen LogP contribution < -0.4 is 4.80 Å². The van der Waals surface area contributed by atoms with Gasteiger partial charge in [-0.05, 0) is 24.6 Å². The highest BCUT2D eigenvalue weighted by Crippen LogP contribution is 2.21. The smallest absolute Gasteiger partial charge is 0.281 e. The zero-order valence-corrected chi connectivity index (χ0v) is 17.2. The molecular formula is C22H17N5O2S. The number of amides is 2. The lowest BCUT2D eigenvalue weighted by molar-refractivity contribution is -0.139. The summed E-state index contributed by atoms with van der Waals surface area (Å²) in [7, 11) is 1.87. The van der Waals surface area contributed by atoms with Crippen LogP contribution in [0.2, 0.25) is 0 Å². The van der Waals surface area contributed by atoms with Crippen molar-refractivity contribution in [2.24, 2.45) is 17.3 Å². The van der Waals surface area contributed by atoms with Gasteiger partial charge >= 0.3 is 0 Å². The van der Waals surface area contributed by atoms with E-state index in [1.54, 1.807) is 6.92 Å². The average Bonchev–Trinajstić information content (AvgIpc) is 3.08. The van der Waals surface area contributed by atoms with Gasteiger partial charge in [0.15, 0.2) is 5.71 Å². The van der Waals surface area contributed by atoms with Crippen LogP contribution in [0.3, 0.4) is 0 Å². The van der Waals surface area contributed by atoms with E-state index < -0.39 is 11.8 Å². The Bertz CT molecular complexity index is 1340. The molecule has 2 amide bonds. The van der Waals surface area contributed by atoms with Crippen LogP contribution in [-0.2, 0) is 23.2 Å². The molecule has 1 aromatic heterocycles. The Kier molecular flexibility index (Phi) is 5.12. The van der Waals surface area contributed by atoms with Gasteiger partial charge in [0.1, 0.15) is 11.6 Å². The van der Waals surface area contributed by atoms with Gasteiger partial charge < -0.3 is 4.57 Å². The van der Waals surface area contributed by atoms with E-state index >= 15 is 0 Å². The molecule has 0 N–H and O–H groups in total. The number of hydrogen-bond donors (Lipinski definition) is 0. The lowest BCUT2D eigenvalue weighted by atomic mass is 9.98. The Hall–Kier alpha value is -3.83. The number of para-hydroxylation sites is 1. The molecule has 0 radical (unpaired) electrons. The number of thiazole rings is 1. The Labute approximate surface area is 176 Å². The summed E-state index contributed by atoms with van der Waals surface area (Å²) in [5.74, 6) is -1.18. The summed E-state index contributed by atoms with van der Waals surface area (Å²) in [6.07, 6.45) is 0. The number of nitriles is 1. The number of carbonyl (C=O) groups is 2. The number of aryl methyl sites for hydroxylation is 1. The number of benzene rings is 2. The van der Waals surface area contributed by atoms with E-state index in [0.717, 1.165) is 20.7 Å². The highest BCUT2D eigenvalue weighted by atomic mass is 32.1. The van der Waals surface area contributed by atoms with E-state index in [2.05, 4.69) is 10.2 Å². The van der Waals surface area contributed by atoms with Crippen molar-refractivity contribution in [3.05, 3.63) is 76.1 Å². The molecule has 0 fully saturated rings. The molecule has 2 heterocycles. The van der Waals surface area contributed by atoms with Crippen LogP contribution in [-0.4, -0.2) is 27.0 Å². The van der Waals surface area contributed by atoms with Gasteiger partial charge in [0.2, 0.25) is 4.80 Å². The minimum absolute atomic E-state index is 0.000428. The Morgan fingerprint density at radius 3 is 2.40 bits per heavy atom. The van der Waals surface area contributed by atoms with Gasteiger partial charge in [0, 0.05) is 12.6 Å². The largest absolute Gasteiger partial charge is 0.318 e. The quantitative estimate of drug-likeness (QED) is 0.486. The van der Waals surface area contributed by atoms with E-state index in [0.29, 0.717) is 4.80 Å². The summed E-state index contributed by atoms with van der Waals surface area (Å²) in [6, 6.07) is 18.9. The molecule has 2 aromatic carbocycles. The summed E-state index contributed by atoms with van der Waals surface area (Å²) in [5.41, 5.74) is 1.93. The number of nitrogens with zero attached hydrogens (tertiary/aromatic N) is 5. The monoisotopic (exact) mass is 415 g/mol. The SMILES string of the molecule is CC1=C(C#N)C(=O)N(Cc2ccccc2)C(=O)/C1=N/N=c1\sc2ccccc2n1C. The second kappa shape index (κ2) is 7.89. The highest BCUT2D eigenvalue weighted by molar-refractivity contribution is 7.16. The van der Waals surface area contributed by atoms with Crippen molar-refractivity contribution in [2.45, 2.75) is 13.5 Å². The summed E-state index contributed by atoms with van der Waals surface area (Å²) in [5, 5.41) is 17.9. The van der Waals surface area contributed by atoms with Crippen LogP contribution in [0.25, 0.3) is 10.2 Å². The second-order valence-corrected chi connectivity index (χ2v) is 7.76. The number of imide groups is 1. The summed E-state index contributed by atoms with van der Waals surface area (Å²) < 4.78 is 2.92. The van der Waals surface area contributed by atoms with Gasteiger partial charge in [0.05, 0.1) is 16.8 Å². The zero-order valence-electron chi connectivity index (χ0n) is 16.4. The third kappa shape index (κ3) is 3.36. The lowest BCUT2D eigenvalue weighted by Gasteiger charge is -2.26. The molecule has 4 rings (SSSR count). The molecule has 0 aliphatic carbocycles. The Morgan fingerprint density at radius 2 is 1.70 bits per heavy atom. The molecule has 30 heavy (non-hydrogen) atoms. The second-order valence-electron chi connectivity index (χ2n) is 6.75. The standard InChI is InChI=1S/C22H17N5O2S/c1-14-16(12-23)20(28)27(13-15-8-4-3-5-9-15)21(29)19(14)24-25-22-26(2)17-10-6-7-11-18(17)30-22/h3-11H,13H2,1-2H3/b24-19+,25-22-. The van der Waals surface area contributed by atoms with Crippen molar-refractivity contribution in [1.82, 2.24) is 9.47 Å². The van der Waals surface area contributed by atoms with E-state index in [1.165, 1.54) is 11.3 Å². The summed E-state index contributed by atoms with van der Waals surface area (Å²) >= 11 is 1.44. The number of carbonyl (C=O) groups excluding carboxylic acids is 2. The molecule has 0 unspecified atom stereocenters. The molecule has 148 valence electrons. The normalized spacial score (nSPS) is 16.6. The maximum atomic E-state index is 13.1. The molecule has 7 nitrogen and oxygen atoms in total. The predicted octanol–water partition coefficient (Wildman–Crippen LogP) is 2.91. The molecule has 0 bridgehead atoms. The van der Waals surface area contributed by atoms with E-state index in [4.69, 9.17) is 0 Å². The first kappa shape index (κ1) is 19.5. The molecule has 1 aliphatic heterocycles. The minimum atomic E-state index is -0.616. The fourth-order valence-corrected chi connectivity index (χ4v) is 4.19. The van der Waals surface area contributed by atoms with Gasteiger partial charge in [0.25, 0.3) is 11.8 Å². The maximum absolute atomic E-state index is 13.1. The Balaban J connectivity index is 1.80. The molecule has 3 aromatic rings. The minimum Gasteiger partial charge on any atom is -0.318 e. The van der Waals surface area contributed by atoms with Crippen molar-refractivity contribution in [1.29, 1.82) is 5.26 Å². The van der Waals surface area contributed by atoms with Crippen molar-refractivity contribution in [3.63, 3.8) is 0 Å². The lowest BCUT2D eigenvalue weighted by Crippen LogP contribution is -2.46. The zero-order chi connectivity index (χ0) is 21.3. The predicted molar refractivity (Wildman–Crippen MR) is 114 cm³/mol. The summed E-state index contributed by atoms with van der Waals surface area (Å²) in [6.45, 7) is 1.61. The van der Waals surface area contributed by atoms with Crippen LogP contribution in [0.1, 0.15) is 12.5 Å². The van der Waals surface area contributed by atoms with Crippen LogP contribution in [0, 0.1) is 11.3 Å². The van der Waals surface area contributed by atoms with E-state index in [1.807, 2.05) is 72.3 Å². The van der Waals surface area contributed by atoms with Crippen molar-refractivity contribution >= 4 is 39.1 Å². The van der Waals surface area contributed by atoms with Crippen molar-refractivity contribution in [3.8, 4) is 6.07 Å². The topological polar surface area (TPSA) is 90.8 Å². The first-order chi connectivity index (χ1) is 14.5. The fourth-order valence-electron chi connectivity index (χ4n) is 3.22. The molecular weight excluding hydrogens is 398 g/mol. The van der Waals surface area contributed by atoms with Gasteiger partial charge in [-0.2, -0.15) is 5.26 Å². The first-order valence-corrected chi connectivity index (χ1v) is 10.0. The number of fused-ring (bicyclic) bond motifs is 1. The van der Waals surface area contributed by atoms with Crippen LogP contribution >= 0.6 is 11.3 Å². The van der Waals surface area contributed by atoms with Crippen molar-refractivity contribution < 1.29 is 9.59 Å². The molecule has 0 saturated heterocycles. The number of hydrogen-bond acceptors (Lipinski definition) is 6. The fraction of sp³-hybridized carbons (Fsp3) is 0.136. The first-order valence-electron chi connectivity index (χ1n) is 9.19. The van der Waals surface area contributed by atoms with Gasteiger partial charge in [-0.3, -0.25) is 14.5 Å².